The lowest BCUT2D eigenvalue weighted by Gasteiger charge is -2.27. The highest BCUT2D eigenvalue weighted by molar-refractivity contribution is 7.89. The molecule has 30 heavy (non-hydrogen) atoms. The monoisotopic (exact) mass is 443 g/mol. The molecule has 1 heterocycles. The minimum absolute atomic E-state index is 0.197. The summed E-state index contributed by atoms with van der Waals surface area (Å²) < 4.78 is 70.3. The first-order valence-corrected chi connectivity index (χ1v) is 10.1. The third-order valence-corrected chi connectivity index (χ3v) is 5.58. The van der Waals surface area contributed by atoms with Crippen LogP contribution in [0.3, 0.4) is 0 Å². The molecular weight excluding hydrogens is 427 g/mol. The molecule has 0 saturated carbocycles. The zero-order chi connectivity index (χ0) is 22.1. The van der Waals surface area contributed by atoms with Crippen LogP contribution in [0.25, 0.3) is 0 Å². The molecule has 2 aromatic carbocycles. The van der Waals surface area contributed by atoms with Gasteiger partial charge in [-0.1, -0.05) is 0 Å². The summed E-state index contributed by atoms with van der Waals surface area (Å²) in [7, 11) is -4.22. The summed E-state index contributed by atoms with van der Waals surface area (Å²) in [5, 5.41) is 4.88. The van der Waals surface area contributed by atoms with Crippen molar-refractivity contribution < 1.29 is 35.9 Å². The number of amides is 1. The third-order valence-electron chi connectivity index (χ3n) is 4.10. The molecule has 0 aliphatic carbocycles. The molecule has 0 spiro atoms. The maximum Gasteiger partial charge on any atom is 0.416 e. The second kappa shape index (κ2) is 7.95. The number of hydrogen-bond acceptors (Lipinski definition) is 6. The summed E-state index contributed by atoms with van der Waals surface area (Å²) in [4.78, 5) is 23.7. The smallest absolute Gasteiger partial charge is 0.416 e. The second-order valence-corrected chi connectivity index (χ2v) is 7.88. The molecule has 1 amide bonds. The maximum atomic E-state index is 12.9. The number of halogens is 3. The number of sulfonamides is 1. The maximum absolute atomic E-state index is 12.9. The van der Waals surface area contributed by atoms with Gasteiger partial charge in [0.05, 0.1) is 23.4 Å². The average Bonchev–Trinajstić information content (AvgIpc) is 2.67. The number of esters is 1. The number of hydrogen-bond donors (Lipinski definition) is 3. The largest absolute Gasteiger partial charge is 0.462 e. The Kier molecular flexibility index (Phi) is 5.72. The average molecular weight is 443 g/mol. The minimum Gasteiger partial charge on any atom is -0.462 e. The van der Waals surface area contributed by atoms with E-state index in [0.717, 1.165) is 6.07 Å². The minimum atomic E-state index is -4.68. The molecule has 1 aliphatic rings. The van der Waals surface area contributed by atoms with Crippen LogP contribution in [0.5, 0.6) is 0 Å². The highest BCUT2D eigenvalue weighted by Crippen LogP contribution is 2.35. The molecule has 3 N–H and O–H groups in total. The molecule has 0 radical (unpaired) electrons. The lowest BCUT2D eigenvalue weighted by molar-refractivity contribution is -0.137. The van der Waals surface area contributed by atoms with E-state index in [1.165, 1.54) is 24.3 Å². The number of fused-ring (bicyclic) bond motifs is 1. The summed E-state index contributed by atoms with van der Waals surface area (Å²) in [6.45, 7) is 1.85. The van der Waals surface area contributed by atoms with Gasteiger partial charge >= 0.3 is 12.1 Å². The van der Waals surface area contributed by atoms with E-state index in [1.54, 1.807) is 6.92 Å². The van der Waals surface area contributed by atoms with Gasteiger partial charge in [0.15, 0.2) is 6.17 Å². The Hall–Kier alpha value is -3.12. The molecule has 0 unspecified atom stereocenters. The first kappa shape index (κ1) is 21.6. The van der Waals surface area contributed by atoms with Crippen LogP contribution in [0.15, 0.2) is 47.4 Å². The lowest BCUT2D eigenvalue weighted by atomic mass is 10.2. The van der Waals surface area contributed by atoms with Gasteiger partial charge in [-0.05, 0) is 49.4 Å². The second-order valence-electron chi connectivity index (χ2n) is 6.19. The van der Waals surface area contributed by atoms with Crippen LogP contribution in [-0.4, -0.2) is 33.1 Å². The van der Waals surface area contributed by atoms with Crippen molar-refractivity contribution in [3.8, 4) is 0 Å². The van der Waals surface area contributed by atoms with E-state index in [1.807, 2.05) is 0 Å². The van der Waals surface area contributed by atoms with Crippen molar-refractivity contribution in [1.29, 1.82) is 0 Å². The lowest BCUT2D eigenvalue weighted by Crippen LogP contribution is -2.51. The Morgan fingerprint density at radius 3 is 2.40 bits per heavy atom. The van der Waals surface area contributed by atoms with Crippen molar-refractivity contribution in [3.05, 3.63) is 53.6 Å². The molecule has 0 bridgehead atoms. The summed E-state index contributed by atoms with van der Waals surface area (Å²) in [5.74, 6) is -1.40. The van der Waals surface area contributed by atoms with E-state index in [-0.39, 0.29) is 23.5 Å². The summed E-state index contributed by atoms with van der Waals surface area (Å²) in [5.41, 5.74) is -0.912. The van der Waals surface area contributed by atoms with Crippen LogP contribution in [0.1, 0.15) is 22.8 Å². The van der Waals surface area contributed by atoms with Gasteiger partial charge in [0.2, 0.25) is 10.0 Å². The quantitative estimate of drug-likeness (QED) is 0.626. The molecule has 0 fully saturated rings. The zero-order valence-corrected chi connectivity index (χ0v) is 16.2. The Balaban J connectivity index is 1.79. The number of carbonyl (C=O) groups excluding carboxylic acids is 2. The standard InChI is InChI=1S/C18H16F3N3O5S/c1-2-29-17(26)10-3-6-12(7-4-10)22-16(25)15-23-13-9-11(18(19,20)21)5-8-14(13)30(27,28)24-15/h3-9,15,23-24H,2H2,1H3,(H,22,25)/t15-/m0/s1. The van der Waals surface area contributed by atoms with Crippen LogP contribution >= 0.6 is 0 Å². The predicted molar refractivity (Wildman–Crippen MR) is 100 cm³/mol. The van der Waals surface area contributed by atoms with E-state index in [4.69, 9.17) is 4.74 Å². The third kappa shape index (κ3) is 4.54. The molecule has 12 heteroatoms. The van der Waals surface area contributed by atoms with E-state index >= 15 is 0 Å². The number of anilines is 2. The van der Waals surface area contributed by atoms with Crippen LogP contribution in [0.2, 0.25) is 0 Å². The number of carbonyl (C=O) groups is 2. The molecular formula is C18H16F3N3O5S. The van der Waals surface area contributed by atoms with Gasteiger partial charge in [-0.2, -0.15) is 17.9 Å². The van der Waals surface area contributed by atoms with Crippen molar-refractivity contribution in [2.45, 2.75) is 24.2 Å². The van der Waals surface area contributed by atoms with Gasteiger partial charge in [0.1, 0.15) is 4.90 Å². The number of alkyl halides is 3. The van der Waals surface area contributed by atoms with Gasteiger partial charge in [-0.25, -0.2) is 13.2 Å². The Morgan fingerprint density at radius 2 is 1.80 bits per heavy atom. The predicted octanol–water partition coefficient (Wildman–Crippen LogP) is 2.55. The van der Waals surface area contributed by atoms with Crippen molar-refractivity contribution in [1.82, 2.24) is 4.72 Å². The van der Waals surface area contributed by atoms with E-state index < -0.39 is 44.7 Å². The van der Waals surface area contributed by atoms with Crippen LogP contribution in [0.4, 0.5) is 24.5 Å². The number of ether oxygens (including phenoxy) is 1. The van der Waals surface area contributed by atoms with Crippen molar-refractivity contribution in [3.63, 3.8) is 0 Å². The summed E-state index contributed by atoms with van der Waals surface area (Å²) in [6, 6.07) is 7.69. The van der Waals surface area contributed by atoms with Gasteiger partial charge in [-0.15, -0.1) is 0 Å². The van der Waals surface area contributed by atoms with Crippen molar-refractivity contribution in [2.24, 2.45) is 0 Å². The zero-order valence-electron chi connectivity index (χ0n) is 15.4. The molecule has 0 saturated heterocycles. The normalized spacial score (nSPS) is 17.4. The van der Waals surface area contributed by atoms with Crippen molar-refractivity contribution >= 4 is 33.3 Å². The van der Waals surface area contributed by atoms with Crippen molar-refractivity contribution in [2.75, 3.05) is 17.2 Å². The van der Waals surface area contributed by atoms with Gasteiger partial charge in [0.25, 0.3) is 5.91 Å². The van der Waals surface area contributed by atoms with E-state index in [0.29, 0.717) is 12.1 Å². The first-order chi connectivity index (χ1) is 14.0. The summed E-state index contributed by atoms with van der Waals surface area (Å²) >= 11 is 0. The molecule has 0 aromatic heterocycles. The molecule has 1 aliphatic heterocycles. The van der Waals surface area contributed by atoms with Crippen LogP contribution in [0, 0.1) is 0 Å². The highest BCUT2D eigenvalue weighted by atomic mass is 32.2. The van der Waals surface area contributed by atoms with Gasteiger partial charge in [0, 0.05) is 5.69 Å². The number of nitrogens with one attached hydrogen (secondary N) is 3. The van der Waals surface area contributed by atoms with Crippen LogP contribution < -0.4 is 15.4 Å². The fourth-order valence-electron chi connectivity index (χ4n) is 2.69. The molecule has 3 rings (SSSR count). The molecule has 2 aromatic rings. The topological polar surface area (TPSA) is 114 Å². The first-order valence-electron chi connectivity index (χ1n) is 8.59. The Morgan fingerprint density at radius 1 is 1.13 bits per heavy atom. The Bertz CT molecular complexity index is 1090. The number of rotatable bonds is 4. The number of benzene rings is 2. The van der Waals surface area contributed by atoms with Gasteiger partial charge < -0.3 is 15.4 Å². The Labute approximate surface area is 169 Å². The van der Waals surface area contributed by atoms with E-state index in [9.17, 15) is 31.2 Å². The van der Waals surface area contributed by atoms with Gasteiger partial charge in [-0.3, -0.25) is 4.79 Å². The fourth-order valence-corrected chi connectivity index (χ4v) is 3.95. The SMILES string of the molecule is CCOC(=O)c1ccc(NC(=O)[C@H]2Nc3cc(C(F)(F)F)ccc3S(=O)(=O)N2)cc1. The molecule has 1 atom stereocenters. The molecule has 8 nitrogen and oxygen atoms in total. The fraction of sp³-hybridized carbons (Fsp3) is 0.222. The highest BCUT2D eigenvalue weighted by Gasteiger charge is 2.37. The molecule has 160 valence electrons. The van der Waals surface area contributed by atoms with E-state index in [2.05, 4.69) is 15.4 Å². The van der Waals surface area contributed by atoms with Crippen LogP contribution in [-0.2, 0) is 25.7 Å². The summed E-state index contributed by atoms with van der Waals surface area (Å²) in [6.07, 6.45) is -6.22.